The molecule has 0 saturated heterocycles. The lowest BCUT2D eigenvalue weighted by Gasteiger charge is -2.06. The summed E-state index contributed by atoms with van der Waals surface area (Å²) in [6, 6.07) is 13.3. The first-order valence-electron chi connectivity index (χ1n) is 7.38. The summed E-state index contributed by atoms with van der Waals surface area (Å²) in [6.45, 7) is 3.52. The Kier molecular flexibility index (Phi) is 4.83. The van der Waals surface area contributed by atoms with Gasteiger partial charge in [0.15, 0.2) is 5.13 Å². The van der Waals surface area contributed by atoms with Crippen molar-refractivity contribution >= 4 is 45.4 Å². The SMILES string of the molecule is CC(=O)Nc1cccc(Nc2nc(-c3cc(Cl)ccc3C)cs2)c1. The molecule has 0 saturated carbocycles. The number of halogens is 1. The number of nitrogens with one attached hydrogen (secondary N) is 2. The van der Waals surface area contributed by atoms with Gasteiger partial charge in [0.2, 0.25) is 5.91 Å². The average Bonchev–Trinajstić information content (AvgIpc) is 2.97. The van der Waals surface area contributed by atoms with Gasteiger partial charge in [0.1, 0.15) is 0 Å². The van der Waals surface area contributed by atoms with Crippen molar-refractivity contribution in [2.24, 2.45) is 0 Å². The second kappa shape index (κ2) is 7.03. The summed E-state index contributed by atoms with van der Waals surface area (Å²) >= 11 is 7.61. The lowest BCUT2D eigenvalue weighted by Crippen LogP contribution is -2.05. The van der Waals surface area contributed by atoms with Crippen molar-refractivity contribution in [3.8, 4) is 11.3 Å². The van der Waals surface area contributed by atoms with Gasteiger partial charge in [-0.15, -0.1) is 11.3 Å². The Bertz CT molecular complexity index is 891. The molecule has 1 heterocycles. The van der Waals surface area contributed by atoms with Gasteiger partial charge in [-0.05, 0) is 42.8 Å². The standard InChI is InChI=1S/C18H16ClN3OS/c1-11-6-7-13(19)8-16(11)17-10-24-18(22-17)21-15-5-3-4-14(9-15)20-12(2)23/h3-10H,1-2H3,(H,20,23)(H,21,22). The van der Waals surface area contributed by atoms with Crippen LogP contribution in [0.2, 0.25) is 5.02 Å². The van der Waals surface area contributed by atoms with Gasteiger partial charge in [-0.25, -0.2) is 4.98 Å². The number of nitrogens with zero attached hydrogens (tertiary/aromatic N) is 1. The zero-order valence-corrected chi connectivity index (χ0v) is 14.8. The molecule has 4 nitrogen and oxygen atoms in total. The minimum absolute atomic E-state index is 0.0971. The highest BCUT2D eigenvalue weighted by molar-refractivity contribution is 7.14. The molecule has 1 amide bonds. The maximum absolute atomic E-state index is 11.1. The molecule has 3 aromatic rings. The van der Waals surface area contributed by atoms with Crippen molar-refractivity contribution in [2.75, 3.05) is 10.6 Å². The van der Waals surface area contributed by atoms with Gasteiger partial charge in [0.05, 0.1) is 5.69 Å². The fourth-order valence-electron chi connectivity index (χ4n) is 2.33. The number of benzene rings is 2. The zero-order chi connectivity index (χ0) is 17.1. The lowest BCUT2D eigenvalue weighted by molar-refractivity contribution is -0.114. The van der Waals surface area contributed by atoms with E-state index in [1.807, 2.05) is 54.8 Å². The molecule has 0 bridgehead atoms. The van der Waals surface area contributed by atoms with Crippen LogP contribution in [-0.2, 0) is 4.79 Å². The molecular weight excluding hydrogens is 342 g/mol. The van der Waals surface area contributed by atoms with Crippen molar-refractivity contribution in [3.05, 3.63) is 58.4 Å². The second-order valence-electron chi connectivity index (χ2n) is 5.38. The molecule has 24 heavy (non-hydrogen) atoms. The van der Waals surface area contributed by atoms with Gasteiger partial charge in [-0.2, -0.15) is 0 Å². The summed E-state index contributed by atoms with van der Waals surface area (Å²) in [5.74, 6) is -0.0971. The predicted octanol–water partition coefficient (Wildman–Crippen LogP) is 5.47. The number of amides is 1. The highest BCUT2D eigenvalue weighted by atomic mass is 35.5. The monoisotopic (exact) mass is 357 g/mol. The Hall–Kier alpha value is -2.37. The Morgan fingerprint density at radius 2 is 1.96 bits per heavy atom. The van der Waals surface area contributed by atoms with Crippen LogP contribution in [0.3, 0.4) is 0 Å². The number of aromatic nitrogens is 1. The molecule has 1 aromatic heterocycles. The summed E-state index contributed by atoms with van der Waals surface area (Å²) < 4.78 is 0. The van der Waals surface area contributed by atoms with Crippen LogP contribution in [0, 0.1) is 6.92 Å². The normalized spacial score (nSPS) is 10.5. The molecule has 2 aromatic carbocycles. The number of carbonyl (C=O) groups is 1. The first-order valence-corrected chi connectivity index (χ1v) is 8.64. The number of carbonyl (C=O) groups excluding carboxylic acids is 1. The topological polar surface area (TPSA) is 54.0 Å². The Morgan fingerprint density at radius 1 is 1.17 bits per heavy atom. The third kappa shape index (κ3) is 3.93. The molecule has 0 unspecified atom stereocenters. The molecule has 6 heteroatoms. The van der Waals surface area contributed by atoms with E-state index < -0.39 is 0 Å². The van der Waals surface area contributed by atoms with E-state index in [9.17, 15) is 4.79 Å². The maximum atomic E-state index is 11.1. The van der Waals surface area contributed by atoms with Crippen molar-refractivity contribution < 1.29 is 4.79 Å². The van der Waals surface area contributed by atoms with Gasteiger partial charge in [-0.3, -0.25) is 4.79 Å². The smallest absolute Gasteiger partial charge is 0.221 e. The highest BCUT2D eigenvalue weighted by Crippen LogP contribution is 2.31. The van der Waals surface area contributed by atoms with E-state index >= 15 is 0 Å². The highest BCUT2D eigenvalue weighted by Gasteiger charge is 2.08. The number of hydrogen-bond donors (Lipinski definition) is 2. The first kappa shape index (κ1) is 16.5. The van der Waals surface area contributed by atoms with E-state index in [4.69, 9.17) is 11.6 Å². The number of rotatable bonds is 4. The van der Waals surface area contributed by atoms with Crippen LogP contribution in [-0.4, -0.2) is 10.9 Å². The van der Waals surface area contributed by atoms with Gasteiger partial charge in [-0.1, -0.05) is 23.7 Å². The summed E-state index contributed by atoms with van der Waals surface area (Å²) in [7, 11) is 0. The second-order valence-corrected chi connectivity index (χ2v) is 6.68. The molecule has 0 aliphatic rings. The predicted molar refractivity (Wildman–Crippen MR) is 101 cm³/mol. The van der Waals surface area contributed by atoms with Crippen LogP contribution >= 0.6 is 22.9 Å². The Balaban J connectivity index is 1.81. The van der Waals surface area contributed by atoms with E-state index in [2.05, 4.69) is 15.6 Å². The van der Waals surface area contributed by atoms with Crippen LogP contribution in [0.5, 0.6) is 0 Å². The third-order valence-corrected chi connectivity index (χ3v) is 4.41. The van der Waals surface area contributed by atoms with Crippen LogP contribution < -0.4 is 10.6 Å². The number of anilines is 3. The van der Waals surface area contributed by atoms with Crippen molar-refractivity contribution in [2.45, 2.75) is 13.8 Å². The summed E-state index contributed by atoms with van der Waals surface area (Å²) in [5.41, 5.74) is 4.66. The number of hydrogen-bond acceptors (Lipinski definition) is 4. The van der Waals surface area contributed by atoms with Gasteiger partial charge in [0.25, 0.3) is 0 Å². The van der Waals surface area contributed by atoms with Gasteiger partial charge < -0.3 is 10.6 Å². The summed E-state index contributed by atoms with van der Waals surface area (Å²) in [6.07, 6.45) is 0. The fourth-order valence-corrected chi connectivity index (χ4v) is 3.23. The first-order chi connectivity index (χ1) is 11.5. The Morgan fingerprint density at radius 3 is 2.75 bits per heavy atom. The largest absolute Gasteiger partial charge is 0.331 e. The van der Waals surface area contributed by atoms with Crippen LogP contribution in [0.15, 0.2) is 47.8 Å². The molecule has 3 rings (SSSR count). The van der Waals surface area contributed by atoms with Crippen molar-refractivity contribution in [3.63, 3.8) is 0 Å². The number of aryl methyl sites for hydroxylation is 1. The van der Waals surface area contributed by atoms with Crippen molar-refractivity contribution in [1.82, 2.24) is 4.98 Å². The fraction of sp³-hybridized carbons (Fsp3) is 0.111. The quantitative estimate of drug-likeness (QED) is 0.650. The van der Waals surface area contributed by atoms with Crippen LogP contribution in [0.4, 0.5) is 16.5 Å². The molecule has 0 atom stereocenters. The zero-order valence-electron chi connectivity index (χ0n) is 13.3. The van der Waals surface area contributed by atoms with Crippen LogP contribution in [0.25, 0.3) is 11.3 Å². The molecule has 0 radical (unpaired) electrons. The molecular formula is C18H16ClN3OS. The van der Waals surface area contributed by atoms with Gasteiger partial charge >= 0.3 is 0 Å². The van der Waals surface area contributed by atoms with Gasteiger partial charge in [0, 0.05) is 34.3 Å². The minimum atomic E-state index is -0.0971. The summed E-state index contributed by atoms with van der Waals surface area (Å²) in [4.78, 5) is 15.8. The molecule has 122 valence electrons. The number of thiazole rings is 1. The van der Waals surface area contributed by atoms with E-state index in [1.54, 1.807) is 0 Å². The molecule has 0 aliphatic carbocycles. The average molecular weight is 358 g/mol. The third-order valence-electron chi connectivity index (χ3n) is 3.41. The molecule has 0 spiro atoms. The van der Waals surface area contributed by atoms with Crippen molar-refractivity contribution in [1.29, 1.82) is 0 Å². The van der Waals surface area contributed by atoms with Crippen LogP contribution in [0.1, 0.15) is 12.5 Å². The lowest BCUT2D eigenvalue weighted by atomic mass is 10.1. The molecule has 2 N–H and O–H groups in total. The van der Waals surface area contributed by atoms with E-state index in [-0.39, 0.29) is 5.91 Å². The van der Waals surface area contributed by atoms with E-state index in [0.29, 0.717) is 5.02 Å². The molecule has 0 aliphatic heterocycles. The summed E-state index contributed by atoms with van der Waals surface area (Å²) in [5, 5.41) is 9.51. The minimum Gasteiger partial charge on any atom is -0.331 e. The van der Waals surface area contributed by atoms with E-state index in [1.165, 1.54) is 18.3 Å². The maximum Gasteiger partial charge on any atom is 0.221 e. The van der Waals surface area contributed by atoms with E-state index in [0.717, 1.165) is 33.3 Å². The Labute approximate surface area is 149 Å². The molecule has 0 fully saturated rings.